The highest BCUT2D eigenvalue weighted by Crippen LogP contribution is 2.23. The number of halogens is 1. The topological polar surface area (TPSA) is 72.6 Å². The van der Waals surface area contributed by atoms with Gasteiger partial charge in [-0.2, -0.15) is 4.31 Å². The summed E-state index contributed by atoms with van der Waals surface area (Å²) in [5.41, 5.74) is 5.64. The van der Waals surface area contributed by atoms with Gasteiger partial charge in [-0.05, 0) is 31.0 Å². The second-order valence-corrected chi connectivity index (χ2v) is 6.69. The van der Waals surface area contributed by atoms with Crippen LogP contribution in [0, 0.1) is 5.82 Å². The molecule has 0 atom stereocenters. The summed E-state index contributed by atoms with van der Waals surface area (Å²) in [6.45, 7) is 4.34. The van der Waals surface area contributed by atoms with E-state index in [1.165, 1.54) is 17.5 Å². The average Bonchev–Trinajstić information content (AvgIpc) is 2.42. The number of ether oxygens (including phenoxy) is 1. The van der Waals surface area contributed by atoms with Crippen molar-refractivity contribution in [3.8, 4) is 0 Å². The fraction of sp³-hybridized carbons (Fsp3) is 0.571. The quantitative estimate of drug-likeness (QED) is 0.746. The van der Waals surface area contributed by atoms with Crippen molar-refractivity contribution < 1.29 is 17.5 Å². The molecule has 0 heterocycles. The van der Waals surface area contributed by atoms with E-state index in [9.17, 15) is 12.8 Å². The number of hydrogen-bond acceptors (Lipinski definition) is 4. The van der Waals surface area contributed by atoms with E-state index in [4.69, 9.17) is 10.5 Å². The number of methoxy groups -OCH3 is 1. The molecule has 0 aromatic heterocycles. The van der Waals surface area contributed by atoms with Crippen molar-refractivity contribution in [2.24, 2.45) is 0 Å². The van der Waals surface area contributed by atoms with E-state index in [1.54, 1.807) is 0 Å². The standard InChI is InChI=1S/C14H23FN2O3S/c1-4-13(5-2)17(6-7-20-3)21(18,19)14-9-11(15)8-12(16)10-14/h8-10,13H,4-7,16H2,1-3H3. The summed E-state index contributed by atoms with van der Waals surface area (Å²) in [7, 11) is -2.30. The van der Waals surface area contributed by atoms with Gasteiger partial charge in [0.15, 0.2) is 0 Å². The molecule has 0 saturated heterocycles. The molecule has 7 heteroatoms. The Bertz CT molecular complexity index is 539. The largest absolute Gasteiger partial charge is 0.399 e. The van der Waals surface area contributed by atoms with Gasteiger partial charge < -0.3 is 10.5 Å². The lowest BCUT2D eigenvalue weighted by molar-refractivity contribution is 0.163. The van der Waals surface area contributed by atoms with Crippen LogP contribution in [-0.2, 0) is 14.8 Å². The summed E-state index contributed by atoms with van der Waals surface area (Å²) in [6.07, 6.45) is 1.34. The summed E-state index contributed by atoms with van der Waals surface area (Å²) >= 11 is 0. The average molecular weight is 318 g/mol. The molecular formula is C14H23FN2O3S. The first-order chi connectivity index (χ1) is 9.86. The first-order valence-electron chi connectivity index (χ1n) is 6.93. The Labute approximate surface area is 125 Å². The van der Waals surface area contributed by atoms with Gasteiger partial charge in [0.2, 0.25) is 10.0 Å². The van der Waals surface area contributed by atoms with Crippen LogP contribution in [0.25, 0.3) is 0 Å². The lowest BCUT2D eigenvalue weighted by Gasteiger charge is -2.29. The van der Waals surface area contributed by atoms with Crippen molar-refractivity contribution in [3.05, 3.63) is 24.0 Å². The minimum absolute atomic E-state index is 0.0878. The van der Waals surface area contributed by atoms with Crippen LogP contribution in [0.2, 0.25) is 0 Å². The molecule has 0 aliphatic carbocycles. The minimum Gasteiger partial charge on any atom is -0.399 e. The maximum Gasteiger partial charge on any atom is 0.243 e. The summed E-state index contributed by atoms with van der Waals surface area (Å²) < 4.78 is 45.3. The van der Waals surface area contributed by atoms with Gasteiger partial charge in [0.1, 0.15) is 5.82 Å². The molecule has 1 aromatic rings. The second-order valence-electron chi connectivity index (χ2n) is 4.80. The normalized spacial score (nSPS) is 12.3. The molecule has 5 nitrogen and oxygen atoms in total. The smallest absolute Gasteiger partial charge is 0.243 e. The number of rotatable bonds is 8. The summed E-state index contributed by atoms with van der Waals surface area (Å²) in [6, 6.07) is 3.21. The number of anilines is 1. The Kier molecular flexibility index (Phi) is 6.57. The lowest BCUT2D eigenvalue weighted by atomic mass is 10.2. The fourth-order valence-corrected chi connectivity index (χ4v) is 4.07. The van der Waals surface area contributed by atoms with Gasteiger partial charge in [0, 0.05) is 25.4 Å². The maximum atomic E-state index is 13.5. The first kappa shape index (κ1) is 17.9. The number of sulfonamides is 1. The molecule has 1 aromatic carbocycles. The van der Waals surface area contributed by atoms with Crippen molar-refractivity contribution in [3.63, 3.8) is 0 Å². The van der Waals surface area contributed by atoms with Crippen LogP contribution in [0.15, 0.2) is 23.1 Å². The molecule has 1 rings (SSSR count). The van der Waals surface area contributed by atoms with Gasteiger partial charge in [-0.15, -0.1) is 0 Å². The molecule has 2 N–H and O–H groups in total. The van der Waals surface area contributed by atoms with Crippen LogP contribution < -0.4 is 5.73 Å². The molecule has 0 amide bonds. The van der Waals surface area contributed by atoms with Crippen molar-refractivity contribution in [2.75, 3.05) is 26.0 Å². The zero-order valence-electron chi connectivity index (χ0n) is 12.7. The fourth-order valence-electron chi connectivity index (χ4n) is 2.24. The number of nitrogen functional groups attached to an aromatic ring is 1. The summed E-state index contributed by atoms with van der Waals surface area (Å²) in [5, 5.41) is 0. The molecule has 0 radical (unpaired) electrons. The second kappa shape index (κ2) is 7.72. The highest BCUT2D eigenvalue weighted by Gasteiger charge is 2.30. The number of nitrogens with two attached hydrogens (primary N) is 1. The van der Waals surface area contributed by atoms with E-state index in [0.717, 1.165) is 12.1 Å². The Balaban J connectivity index is 3.25. The van der Waals surface area contributed by atoms with Gasteiger partial charge in [-0.25, -0.2) is 12.8 Å². The molecule has 0 spiro atoms. The van der Waals surface area contributed by atoms with E-state index < -0.39 is 15.8 Å². The molecule has 0 saturated carbocycles. The third kappa shape index (κ3) is 4.39. The summed E-state index contributed by atoms with van der Waals surface area (Å²) in [5.74, 6) is -0.662. The van der Waals surface area contributed by atoms with Gasteiger partial charge >= 0.3 is 0 Å². The highest BCUT2D eigenvalue weighted by molar-refractivity contribution is 7.89. The third-order valence-corrected chi connectivity index (χ3v) is 5.30. The van der Waals surface area contributed by atoms with Crippen LogP contribution in [-0.4, -0.2) is 39.0 Å². The zero-order valence-corrected chi connectivity index (χ0v) is 13.5. The van der Waals surface area contributed by atoms with Gasteiger partial charge in [-0.3, -0.25) is 0 Å². The number of nitrogens with zero attached hydrogens (tertiary/aromatic N) is 1. The van der Waals surface area contributed by atoms with Crippen molar-refractivity contribution >= 4 is 15.7 Å². The maximum absolute atomic E-state index is 13.5. The predicted molar refractivity (Wildman–Crippen MR) is 81.0 cm³/mol. The van der Waals surface area contributed by atoms with E-state index in [2.05, 4.69) is 0 Å². The van der Waals surface area contributed by atoms with Crippen LogP contribution in [0.1, 0.15) is 26.7 Å². The molecular weight excluding hydrogens is 295 g/mol. The molecule has 120 valence electrons. The van der Waals surface area contributed by atoms with E-state index in [0.29, 0.717) is 12.8 Å². The Morgan fingerprint density at radius 1 is 1.29 bits per heavy atom. The van der Waals surface area contributed by atoms with Crippen molar-refractivity contribution in [1.29, 1.82) is 0 Å². The van der Waals surface area contributed by atoms with Crippen LogP contribution in [0.4, 0.5) is 10.1 Å². The number of benzene rings is 1. The molecule has 0 aliphatic heterocycles. The highest BCUT2D eigenvalue weighted by atomic mass is 32.2. The Morgan fingerprint density at radius 2 is 1.90 bits per heavy atom. The van der Waals surface area contributed by atoms with Crippen LogP contribution in [0.5, 0.6) is 0 Å². The van der Waals surface area contributed by atoms with E-state index in [-0.39, 0.29) is 29.8 Å². The monoisotopic (exact) mass is 318 g/mol. The molecule has 0 fully saturated rings. The Morgan fingerprint density at radius 3 is 2.38 bits per heavy atom. The number of hydrogen-bond donors (Lipinski definition) is 1. The molecule has 0 aliphatic rings. The molecule has 21 heavy (non-hydrogen) atoms. The molecule has 0 unspecified atom stereocenters. The SMILES string of the molecule is CCC(CC)N(CCOC)S(=O)(=O)c1cc(N)cc(F)c1. The van der Waals surface area contributed by atoms with Gasteiger partial charge in [-0.1, -0.05) is 13.8 Å². The minimum atomic E-state index is -3.81. The van der Waals surface area contributed by atoms with Crippen LogP contribution in [0.3, 0.4) is 0 Å². The van der Waals surface area contributed by atoms with Gasteiger partial charge in [0.25, 0.3) is 0 Å². The van der Waals surface area contributed by atoms with E-state index >= 15 is 0 Å². The molecule has 0 bridgehead atoms. The first-order valence-corrected chi connectivity index (χ1v) is 8.37. The van der Waals surface area contributed by atoms with Crippen LogP contribution >= 0.6 is 0 Å². The zero-order chi connectivity index (χ0) is 16.0. The van der Waals surface area contributed by atoms with Crippen molar-refractivity contribution in [2.45, 2.75) is 37.6 Å². The predicted octanol–water partition coefficient (Wildman–Crippen LogP) is 2.23. The summed E-state index contributed by atoms with van der Waals surface area (Å²) in [4.78, 5) is -0.122. The van der Waals surface area contributed by atoms with Crippen molar-refractivity contribution in [1.82, 2.24) is 4.31 Å². The van der Waals surface area contributed by atoms with E-state index in [1.807, 2.05) is 13.8 Å². The third-order valence-electron chi connectivity index (χ3n) is 3.37. The lowest BCUT2D eigenvalue weighted by Crippen LogP contribution is -2.41. The Hall–Kier alpha value is -1.18. The van der Waals surface area contributed by atoms with Gasteiger partial charge in [0.05, 0.1) is 11.5 Å².